The molecular formula is C23H16ClF2N3O2. The van der Waals surface area contributed by atoms with Crippen molar-refractivity contribution >= 4 is 28.5 Å². The lowest BCUT2D eigenvalue weighted by Crippen LogP contribution is -2.33. The van der Waals surface area contributed by atoms with Crippen LogP contribution >= 0.6 is 11.6 Å². The van der Waals surface area contributed by atoms with Crippen molar-refractivity contribution < 1.29 is 13.6 Å². The summed E-state index contributed by atoms with van der Waals surface area (Å²) in [5, 5.41) is 3.58. The van der Waals surface area contributed by atoms with Crippen LogP contribution in [0, 0.1) is 11.6 Å². The lowest BCUT2D eigenvalue weighted by molar-refractivity contribution is 0.0948. The first-order valence-corrected chi connectivity index (χ1v) is 9.76. The summed E-state index contributed by atoms with van der Waals surface area (Å²) in [5.74, 6) is -2.28. The minimum absolute atomic E-state index is 0.147. The summed E-state index contributed by atoms with van der Waals surface area (Å²) in [5.41, 5.74) is 0.224. The van der Waals surface area contributed by atoms with Gasteiger partial charge in [0.15, 0.2) is 0 Å². The molecule has 0 saturated carbocycles. The van der Waals surface area contributed by atoms with Gasteiger partial charge in [-0.3, -0.25) is 14.2 Å². The molecule has 1 amide bonds. The molecule has 2 aromatic carbocycles. The summed E-state index contributed by atoms with van der Waals surface area (Å²) in [6, 6.07) is 15.3. The van der Waals surface area contributed by atoms with Crippen molar-refractivity contribution in [3.05, 3.63) is 111 Å². The number of fused-ring (bicyclic) bond motifs is 1. The maximum atomic E-state index is 13.9. The fraction of sp³-hybridized carbons (Fsp3) is 0.0870. The van der Waals surface area contributed by atoms with E-state index in [0.717, 1.165) is 17.7 Å². The Balaban J connectivity index is 1.71. The zero-order valence-electron chi connectivity index (χ0n) is 16.1. The topological polar surface area (TPSA) is 64.0 Å². The third-order valence-electron chi connectivity index (χ3n) is 4.83. The van der Waals surface area contributed by atoms with Crippen LogP contribution in [0.25, 0.3) is 11.0 Å². The molecule has 0 aliphatic heterocycles. The largest absolute Gasteiger partial charge is 0.348 e. The van der Waals surface area contributed by atoms with E-state index in [4.69, 9.17) is 11.6 Å². The maximum absolute atomic E-state index is 13.9. The number of pyridine rings is 2. The normalized spacial score (nSPS) is 10.9. The van der Waals surface area contributed by atoms with E-state index >= 15 is 0 Å². The Morgan fingerprint density at radius 1 is 1.03 bits per heavy atom. The van der Waals surface area contributed by atoms with E-state index in [0.29, 0.717) is 16.1 Å². The van der Waals surface area contributed by atoms with Crippen LogP contribution in [0.3, 0.4) is 0 Å². The molecule has 4 rings (SSSR count). The van der Waals surface area contributed by atoms with Gasteiger partial charge >= 0.3 is 0 Å². The van der Waals surface area contributed by atoms with Crippen LogP contribution < -0.4 is 10.9 Å². The molecule has 8 heteroatoms. The molecule has 2 heterocycles. The number of nitrogens with zero attached hydrogens (tertiary/aromatic N) is 2. The van der Waals surface area contributed by atoms with Gasteiger partial charge in [0, 0.05) is 28.7 Å². The molecule has 0 bridgehead atoms. The highest BCUT2D eigenvalue weighted by Gasteiger charge is 2.18. The van der Waals surface area contributed by atoms with Crippen molar-refractivity contribution in [2.75, 3.05) is 0 Å². The summed E-state index contributed by atoms with van der Waals surface area (Å²) in [4.78, 5) is 30.2. The van der Waals surface area contributed by atoms with Gasteiger partial charge in [-0.15, -0.1) is 0 Å². The summed E-state index contributed by atoms with van der Waals surface area (Å²) >= 11 is 5.93. The number of hydrogen-bond donors (Lipinski definition) is 1. The van der Waals surface area contributed by atoms with Gasteiger partial charge in [-0.05, 0) is 48.0 Å². The predicted molar refractivity (Wildman–Crippen MR) is 114 cm³/mol. The number of benzene rings is 2. The number of carbonyl (C=O) groups is 1. The van der Waals surface area contributed by atoms with Gasteiger partial charge in [-0.2, -0.15) is 0 Å². The second kappa shape index (κ2) is 8.65. The average molecular weight is 440 g/mol. The van der Waals surface area contributed by atoms with Crippen LogP contribution in [0.5, 0.6) is 0 Å². The van der Waals surface area contributed by atoms with E-state index in [1.54, 1.807) is 42.6 Å². The average Bonchev–Trinajstić information content (AvgIpc) is 2.76. The maximum Gasteiger partial charge on any atom is 0.265 e. The second-order valence-electron chi connectivity index (χ2n) is 6.87. The fourth-order valence-corrected chi connectivity index (χ4v) is 3.38. The molecule has 0 spiro atoms. The van der Waals surface area contributed by atoms with Crippen molar-refractivity contribution in [1.29, 1.82) is 0 Å². The monoisotopic (exact) mass is 439 g/mol. The fourth-order valence-electron chi connectivity index (χ4n) is 3.25. The van der Waals surface area contributed by atoms with Crippen LogP contribution in [-0.4, -0.2) is 15.5 Å². The number of carbonyl (C=O) groups excluding carboxylic acids is 1. The Kier molecular flexibility index (Phi) is 5.77. The Hall–Kier alpha value is -3.58. The summed E-state index contributed by atoms with van der Waals surface area (Å²) < 4.78 is 29.1. The van der Waals surface area contributed by atoms with Crippen LogP contribution in [0.4, 0.5) is 8.78 Å². The zero-order chi connectivity index (χ0) is 22.0. The molecule has 0 fully saturated rings. The molecule has 0 radical (unpaired) electrons. The van der Waals surface area contributed by atoms with Crippen LogP contribution in [-0.2, 0) is 13.1 Å². The quantitative estimate of drug-likeness (QED) is 0.504. The van der Waals surface area contributed by atoms with Crippen molar-refractivity contribution in [2.45, 2.75) is 13.1 Å². The van der Waals surface area contributed by atoms with E-state index < -0.39 is 23.1 Å². The number of hydrogen-bond acceptors (Lipinski definition) is 3. The standard InChI is InChI=1S/C23H16ClF2N3O2/c24-16-8-6-14(7-9-16)13-29-21-15(3-2-10-27-21)11-17(23(29)31)22(30)28-12-18-19(25)4-1-5-20(18)26/h1-11H,12-13H2,(H,28,30). The SMILES string of the molecule is O=C(NCc1c(F)cccc1F)c1cc2cccnc2n(Cc2ccc(Cl)cc2)c1=O. The van der Waals surface area contributed by atoms with E-state index in [-0.39, 0.29) is 24.2 Å². The molecule has 156 valence electrons. The summed E-state index contributed by atoms with van der Waals surface area (Å²) in [7, 11) is 0. The molecule has 4 aromatic rings. The van der Waals surface area contributed by atoms with E-state index in [9.17, 15) is 18.4 Å². The lowest BCUT2D eigenvalue weighted by Gasteiger charge is -2.13. The summed E-state index contributed by atoms with van der Waals surface area (Å²) in [6.45, 7) is -0.217. The Bertz CT molecular complexity index is 1320. The molecule has 0 saturated heterocycles. The predicted octanol–water partition coefficient (Wildman–Crippen LogP) is 4.31. The number of halogens is 3. The first kappa shape index (κ1) is 20.7. The minimum Gasteiger partial charge on any atom is -0.348 e. The highest BCUT2D eigenvalue weighted by atomic mass is 35.5. The number of rotatable bonds is 5. The molecule has 0 unspecified atom stereocenters. The first-order valence-electron chi connectivity index (χ1n) is 9.38. The Morgan fingerprint density at radius 3 is 2.45 bits per heavy atom. The van der Waals surface area contributed by atoms with Gasteiger partial charge in [0.05, 0.1) is 6.54 Å². The van der Waals surface area contributed by atoms with Crippen molar-refractivity contribution in [3.63, 3.8) is 0 Å². The third kappa shape index (κ3) is 4.32. The molecule has 31 heavy (non-hydrogen) atoms. The van der Waals surface area contributed by atoms with Gasteiger partial charge in [0.2, 0.25) is 0 Å². The van der Waals surface area contributed by atoms with E-state index in [1.807, 2.05) is 0 Å². The smallest absolute Gasteiger partial charge is 0.265 e. The highest BCUT2D eigenvalue weighted by molar-refractivity contribution is 6.30. The molecule has 0 aliphatic rings. The Labute approximate surface area is 180 Å². The van der Waals surface area contributed by atoms with Gasteiger partial charge < -0.3 is 5.32 Å². The molecule has 0 aliphatic carbocycles. The second-order valence-corrected chi connectivity index (χ2v) is 7.31. The van der Waals surface area contributed by atoms with Crippen molar-refractivity contribution in [1.82, 2.24) is 14.9 Å². The highest BCUT2D eigenvalue weighted by Crippen LogP contribution is 2.16. The van der Waals surface area contributed by atoms with Gasteiger partial charge in [0.25, 0.3) is 11.5 Å². The summed E-state index contributed by atoms with van der Waals surface area (Å²) in [6.07, 6.45) is 1.56. The third-order valence-corrected chi connectivity index (χ3v) is 5.09. The van der Waals surface area contributed by atoms with Crippen LogP contribution in [0.1, 0.15) is 21.5 Å². The molecule has 1 N–H and O–H groups in total. The van der Waals surface area contributed by atoms with E-state index in [2.05, 4.69) is 10.3 Å². The van der Waals surface area contributed by atoms with Crippen LogP contribution in [0.15, 0.2) is 71.7 Å². The number of aromatic nitrogens is 2. The first-order chi connectivity index (χ1) is 14.9. The van der Waals surface area contributed by atoms with Gasteiger partial charge in [-0.25, -0.2) is 13.8 Å². The Morgan fingerprint density at radius 2 is 1.74 bits per heavy atom. The van der Waals surface area contributed by atoms with Crippen molar-refractivity contribution in [2.24, 2.45) is 0 Å². The van der Waals surface area contributed by atoms with E-state index in [1.165, 1.54) is 16.7 Å². The minimum atomic E-state index is -0.775. The van der Waals surface area contributed by atoms with Gasteiger partial charge in [0.1, 0.15) is 22.8 Å². The molecular weight excluding hydrogens is 424 g/mol. The molecule has 2 aromatic heterocycles. The van der Waals surface area contributed by atoms with Crippen LogP contribution in [0.2, 0.25) is 5.02 Å². The van der Waals surface area contributed by atoms with Crippen molar-refractivity contribution in [3.8, 4) is 0 Å². The lowest BCUT2D eigenvalue weighted by atomic mass is 10.1. The number of amides is 1. The zero-order valence-corrected chi connectivity index (χ0v) is 16.9. The molecule has 5 nitrogen and oxygen atoms in total. The van der Waals surface area contributed by atoms with Gasteiger partial charge in [-0.1, -0.05) is 29.8 Å². The number of nitrogens with one attached hydrogen (secondary N) is 1. The molecule has 0 atom stereocenters.